The van der Waals surface area contributed by atoms with Crippen LogP contribution < -0.4 is 10.3 Å². The first kappa shape index (κ1) is 18.4. The lowest BCUT2D eigenvalue weighted by molar-refractivity contribution is -0.142. The molecule has 3 rings (SSSR count). The zero-order chi connectivity index (χ0) is 19.2. The van der Waals surface area contributed by atoms with Crippen LogP contribution in [0.4, 0.5) is 0 Å². The van der Waals surface area contributed by atoms with Crippen molar-refractivity contribution >= 4 is 5.97 Å². The summed E-state index contributed by atoms with van der Waals surface area (Å²) in [4.78, 5) is 23.4. The lowest BCUT2D eigenvalue weighted by atomic mass is 10.1. The van der Waals surface area contributed by atoms with E-state index in [0.29, 0.717) is 12.3 Å². The summed E-state index contributed by atoms with van der Waals surface area (Å²) in [6.07, 6.45) is 0. The second-order valence-electron chi connectivity index (χ2n) is 6.09. The summed E-state index contributed by atoms with van der Waals surface area (Å²) in [5, 5.41) is 4.47. The first-order chi connectivity index (χ1) is 13.0. The highest BCUT2D eigenvalue weighted by molar-refractivity contribution is 5.70. The van der Waals surface area contributed by atoms with Crippen LogP contribution in [0.3, 0.4) is 0 Å². The van der Waals surface area contributed by atoms with Crippen LogP contribution in [0.25, 0.3) is 11.3 Å². The summed E-state index contributed by atoms with van der Waals surface area (Å²) in [6, 6.07) is 18.4. The van der Waals surface area contributed by atoms with E-state index >= 15 is 0 Å². The van der Waals surface area contributed by atoms with E-state index in [2.05, 4.69) is 9.84 Å². The quantitative estimate of drug-likeness (QED) is 0.629. The van der Waals surface area contributed by atoms with E-state index in [0.717, 1.165) is 22.4 Å². The predicted molar refractivity (Wildman–Crippen MR) is 102 cm³/mol. The molecule has 0 aliphatic carbocycles. The Labute approximate surface area is 157 Å². The van der Waals surface area contributed by atoms with E-state index in [1.54, 1.807) is 24.3 Å². The molecule has 0 spiro atoms. The molecule has 1 heterocycles. The Morgan fingerprint density at radius 1 is 1.07 bits per heavy atom. The van der Waals surface area contributed by atoms with Crippen molar-refractivity contribution in [1.82, 2.24) is 9.78 Å². The van der Waals surface area contributed by atoms with E-state index in [4.69, 9.17) is 4.74 Å². The third-order valence-electron chi connectivity index (χ3n) is 4.03. The molecule has 0 unspecified atom stereocenters. The van der Waals surface area contributed by atoms with Crippen molar-refractivity contribution < 1.29 is 14.3 Å². The fourth-order valence-corrected chi connectivity index (χ4v) is 2.55. The molecule has 0 fully saturated rings. The predicted octanol–water partition coefficient (Wildman–Crippen LogP) is 2.82. The highest BCUT2D eigenvalue weighted by Gasteiger charge is 2.06. The third kappa shape index (κ3) is 4.82. The van der Waals surface area contributed by atoms with Crippen LogP contribution in [-0.4, -0.2) is 29.5 Å². The molecular formula is C21H20N2O4. The van der Waals surface area contributed by atoms with Crippen molar-refractivity contribution in [3.8, 4) is 17.0 Å². The number of aromatic nitrogens is 2. The van der Waals surface area contributed by atoms with Gasteiger partial charge in [0.1, 0.15) is 5.75 Å². The molecule has 27 heavy (non-hydrogen) atoms. The lowest BCUT2D eigenvalue weighted by Gasteiger charge is -2.09. The van der Waals surface area contributed by atoms with Crippen LogP contribution in [0, 0.1) is 6.92 Å². The average Bonchev–Trinajstić information content (AvgIpc) is 2.69. The first-order valence-electron chi connectivity index (χ1n) is 8.49. The summed E-state index contributed by atoms with van der Waals surface area (Å²) in [5.74, 6) is 0.0738. The van der Waals surface area contributed by atoms with Crippen LogP contribution >= 0.6 is 0 Å². The number of carbonyl (C=O) groups excluding carboxylic acids is 1. The molecule has 0 aliphatic rings. The molecular weight excluding hydrogens is 344 g/mol. The van der Waals surface area contributed by atoms with Crippen molar-refractivity contribution in [2.45, 2.75) is 13.5 Å². The Morgan fingerprint density at radius 3 is 2.59 bits per heavy atom. The van der Waals surface area contributed by atoms with Crippen molar-refractivity contribution in [2.24, 2.45) is 0 Å². The molecule has 6 heteroatoms. The number of esters is 1. The molecule has 6 nitrogen and oxygen atoms in total. The monoisotopic (exact) mass is 364 g/mol. The van der Waals surface area contributed by atoms with Gasteiger partial charge in [0.15, 0.2) is 6.61 Å². The third-order valence-corrected chi connectivity index (χ3v) is 4.03. The van der Waals surface area contributed by atoms with Crippen LogP contribution in [0.1, 0.15) is 11.1 Å². The van der Waals surface area contributed by atoms with E-state index in [1.807, 2.05) is 37.3 Å². The number of carbonyl (C=O) groups is 1. The van der Waals surface area contributed by atoms with Gasteiger partial charge in [-0.1, -0.05) is 42.0 Å². The van der Waals surface area contributed by atoms with Gasteiger partial charge in [-0.05, 0) is 30.7 Å². The average molecular weight is 364 g/mol. The van der Waals surface area contributed by atoms with Gasteiger partial charge in [0.05, 0.1) is 19.3 Å². The normalized spacial score (nSPS) is 10.4. The molecule has 0 N–H and O–H groups in total. The second kappa shape index (κ2) is 8.31. The molecule has 0 aliphatic heterocycles. The molecule has 0 radical (unpaired) electrons. The number of aryl methyl sites for hydroxylation is 1. The molecule has 2 aromatic carbocycles. The first-order valence-corrected chi connectivity index (χ1v) is 8.49. The summed E-state index contributed by atoms with van der Waals surface area (Å²) in [5.41, 5.74) is 3.49. The second-order valence-corrected chi connectivity index (χ2v) is 6.09. The number of rotatable bonds is 6. The highest BCUT2D eigenvalue weighted by atomic mass is 16.6. The summed E-state index contributed by atoms with van der Waals surface area (Å²) >= 11 is 0. The molecule has 138 valence electrons. The van der Waals surface area contributed by atoms with Gasteiger partial charge in [-0.2, -0.15) is 5.10 Å². The number of benzene rings is 2. The Hall–Kier alpha value is -3.41. The van der Waals surface area contributed by atoms with Gasteiger partial charge in [-0.15, -0.1) is 0 Å². The molecule has 0 amide bonds. The highest BCUT2D eigenvalue weighted by Crippen LogP contribution is 2.17. The van der Waals surface area contributed by atoms with E-state index in [9.17, 15) is 9.59 Å². The maximum atomic E-state index is 12.2. The zero-order valence-electron chi connectivity index (χ0n) is 15.2. The van der Waals surface area contributed by atoms with Crippen molar-refractivity contribution in [3.05, 3.63) is 82.1 Å². The van der Waals surface area contributed by atoms with Gasteiger partial charge >= 0.3 is 5.97 Å². The molecule has 0 saturated heterocycles. The van der Waals surface area contributed by atoms with Gasteiger partial charge in [-0.3, -0.25) is 4.79 Å². The molecule has 0 bridgehead atoms. The van der Waals surface area contributed by atoms with Gasteiger partial charge in [-0.25, -0.2) is 9.48 Å². The SMILES string of the molecule is COC(=O)COc1cccc(Cn2nc(-c3ccc(C)cc3)ccc2=O)c1. The minimum Gasteiger partial charge on any atom is -0.482 e. The number of ether oxygens (including phenoxy) is 2. The minimum absolute atomic E-state index is 0.166. The summed E-state index contributed by atoms with van der Waals surface area (Å²) in [6.45, 7) is 2.16. The Bertz CT molecular complexity index is 994. The fraction of sp³-hybridized carbons (Fsp3) is 0.190. The van der Waals surface area contributed by atoms with Crippen LogP contribution in [0.2, 0.25) is 0 Å². The van der Waals surface area contributed by atoms with Crippen LogP contribution in [0.15, 0.2) is 65.5 Å². The van der Waals surface area contributed by atoms with Crippen LogP contribution in [-0.2, 0) is 16.1 Å². The number of hydrogen-bond donors (Lipinski definition) is 0. The topological polar surface area (TPSA) is 70.4 Å². The van der Waals surface area contributed by atoms with Gasteiger partial charge in [0, 0.05) is 11.6 Å². The number of methoxy groups -OCH3 is 1. The Kier molecular flexibility index (Phi) is 5.66. The Morgan fingerprint density at radius 2 is 1.85 bits per heavy atom. The smallest absolute Gasteiger partial charge is 0.343 e. The number of hydrogen-bond acceptors (Lipinski definition) is 5. The van der Waals surface area contributed by atoms with E-state index in [1.165, 1.54) is 17.9 Å². The Balaban J connectivity index is 1.81. The summed E-state index contributed by atoms with van der Waals surface area (Å²) in [7, 11) is 1.31. The lowest BCUT2D eigenvalue weighted by Crippen LogP contribution is -2.22. The van der Waals surface area contributed by atoms with Crippen molar-refractivity contribution in [2.75, 3.05) is 13.7 Å². The maximum absolute atomic E-state index is 12.2. The molecule has 3 aromatic rings. The molecule has 0 atom stereocenters. The molecule has 1 aromatic heterocycles. The van der Waals surface area contributed by atoms with E-state index < -0.39 is 5.97 Å². The van der Waals surface area contributed by atoms with Gasteiger partial charge in [0.2, 0.25) is 0 Å². The minimum atomic E-state index is -0.455. The van der Waals surface area contributed by atoms with E-state index in [-0.39, 0.29) is 12.2 Å². The van der Waals surface area contributed by atoms with Crippen molar-refractivity contribution in [1.29, 1.82) is 0 Å². The van der Waals surface area contributed by atoms with Crippen LogP contribution in [0.5, 0.6) is 5.75 Å². The number of nitrogens with zero attached hydrogens (tertiary/aromatic N) is 2. The maximum Gasteiger partial charge on any atom is 0.343 e. The van der Waals surface area contributed by atoms with Gasteiger partial charge < -0.3 is 9.47 Å². The summed E-state index contributed by atoms with van der Waals surface area (Å²) < 4.78 is 11.4. The van der Waals surface area contributed by atoms with Gasteiger partial charge in [0.25, 0.3) is 5.56 Å². The largest absolute Gasteiger partial charge is 0.482 e. The molecule has 0 saturated carbocycles. The fourth-order valence-electron chi connectivity index (χ4n) is 2.55. The van der Waals surface area contributed by atoms with Crippen molar-refractivity contribution in [3.63, 3.8) is 0 Å². The standard InChI is InChI=1S/C21H20N2O4/c1-15-6-8-17(9-7-15)19-10-11-20(24)23(22-19)13-16-4-3-5-18(12-16)27-14-21(25)26-2/h3-12H,13-14H2,1-2H3. The zero-order valence-corrected chi connectivity index (χ0v) is 15.2.